The molecule has 8 aliphatic rings. The number of aliphatic hydroxyl groups is 1. The van der Waals surface area contributed by atoms with E-state index < -0.39 is 22.8 Å². The van der Waals surface area contributed by atoms with Crippen LogP contribution in [0, 0.1) is 28.6 Å². The molecule has 3 heterocycles. The first-order valence-corrected chi connectivity index (χ1v) is 12.6. The molecule has 5 aliphatic carbocycles. The van der Waals surface area contributed by atoms with E-state index in [0.717, 1.165) is 51.4 Å². The minimum Gasteiger partial charge on any atom is -0.390 e. The van der Waals surface area contributed by atoms with Crippen molar-refractivity contribution in [3.8, 4) is 0 Å². The van der Waals surface area contributed by atoms with Gasteiger partial charge in [-0.25, -0.2) is 0 Å². The summed E-state index contributed by atoms with van der Waals surface area (Å²) in [6.45, 7) is 4.66. The van der Waals surface area contributed by atoms with Crippen LogP contribution in [-0.4, -0.2) is 61.3 Å². The molecule has 7 nitrogen and oxygen atoms in total. The largest absolute Gasteiger partial charge is 0.390 e. The Labute approximate surface area is 188 Å². The molecule has 7 fully saturated rings. The average molecular weight is 447 g/mol. The predicted octanol–water partition coefficient (Wildman–Crippen LogP) is 2.86. The minimum absolute atomic E-state index is 0.132. The minimum atomic E-state index is -0.828. The number of hydrogen-bond acceptors (Lipinski definition) is 7. The molecule has 176 valence electrons. The van der Waals surface area contributed by atoms with E-state index in [1.165, 1.54) is 5.57 Å². The lowest BCUT2D eigenvalue weighted by Gasteiger charge is -2.74. The molecule has 0 aromatic heterocycles. The van der Waals surface area contributed by atoms with Crippen molar-refractivity contribution in [2.24, 2.45) is 28.6 Å². The maximum atomic E-state index is 12.2. The molecule has 32 heavy (non-hydrogen) atoms. The molecule has 0 aromatic carbocycles. The van der Waals surface area contributed by atoms with Gasteiger partial charge in [-0.15, -0.1) is 0 Å². The van der Waals surface area contributed by atoms with E-state index in [0.29, 0.717) is 37.6 Å². The molecular formula is C25H34O7. The third-order valence-electron chi connectivity index (χ3n) is 11.3. The molecule has 0 bridgehead atoms. The number of ether oxygens (including phenoxy) is 6. The van der Waals surface area contributed by atoms with Crippen molar-refractivity contribution in [1.82, 2.24) is 0 Å². The van der Waals surface area contributed by atoms with Gasteiger partial charge in [0.2, 0.25) is 5.79 Å². The van der Waals surface area contributed by atoms with Crippen LogP contribution in [0.3, 0.4) is 0 Å². The van der Waals surface area contributed by atoms with Gasteiger partial charge in [0.1, 0.15) is 12.2 Å². The van der Waals surface area contributed by atoms with Gasteiger partial charge < -0.3 is 33.5 Å². The second kappa shape index (κ2) is 5.81. The highest BCUT2D eigenvalue weighted by molar-refractivity contribution is 5.38. The Morgan fingerprint density at radius 2 is 1.81 bits per heavy atom. The molecule has 2 unspecified atom stereocenters. The van der Waals surface area contributed by atoms with Gasteiger partial charge in [-0.2, -0.15) is 0 Å². The summed E-state index contributed by atoms with van der Waals surface area (Å²) in [5.74, 6) is 0.0602. The highest BCUT2D eigenvalue weighted by atomic mass is 16.9. The number of fused-ring (bicyclic) bond motifs is 4. The Bertz CT molecular complexity index is 885. The molecule has 3 saturated heterocycles. The Kier molecular flexibility index (Phi) is 3.58. The summed E-state index contributed by atoms with van der Waals surface area (Å²) in [6, 6.07) is 0. The zero-order valence-corrected chi connectivity index (χ0v) is 18.9. The van der Waals surface area contributed by atoms with Crippen LogP contribution in [0.2, 0.25) is 0 Å². The van der Waals surface area contributed by atoms with E-state index >= 15 is 0 Å². The Morgan fingerprint density at radius 1 is 0.969 bits per heavy atom. The van der Waals surface area contributed by atoms with Crippen LogP contribution >= 0.6 is 0 Å². The third kappa shape index (κ3) is 1.96. The van der Waals surface area contributed by atoms with E-state index in [-0.39, 0.29) is 24.4 Å². The van der Waals surface area contributed by atoms with Crippen LogP contribution in [-0.2, 0) is 28.4 Å². The van der Waals surface area contributed by atoms with Gasteiger partial charge in [0, 0.05) is 29.6 Å². The van der Waals surface area contributed by atoms with Crippen molar-refractivity contribution in [3.63, 3.8) is 0 Å². The second-order valence-corrected chi connectivity index (χ2v) is 12.2. The van der Waals surface area contributed by atoms with Gasteiger partial charge in [-0.3, -0.25) is 0 Å². The van der Waals surface area contributed by atoms with Crippen LogP contribution in [0.15, 0.2) is 11.6 Å². The Morgan fingerprint density at radius 3 is 2.62 bits per heavy atom. The zero-order chi connectivity index (χ0) is 21.5. The summed E-state index contributed by atoms with van der Waals surface area (Å²) in [5, 5.41) is 12.2. The molecule has 3 aliphatic heterocycles. The van der Waals surface area contributed by atoms with Gasteiger partial charge >= 0.3 is 0 Å². The standard InChI is InChI=1S/C25H34O7/c1-20-11-22(26)12-21-6-7-23(28-8-9-29-23)10-16(21)2-3-17(19(21)22)18(20)4-5-24(20)25(32-15-30-24)13-27-14-31-25/h2,17-19,26H,3-15H2,1H3/t17-,18-,19-,20-,21+,22?,24+,25?/m0/s1. The van der Waals surface area contributed by atoms with E-state index in [2.05, 4.69) is 13.0 Å². The summed E-state index contributed by atoms with van der Waals surface area (Å²) < 4.78 is 36.5. The summed E-state index contributed by atoms with van der Waals surface area (Å²) in [4.78, 5) is 0. The van der Waals surface area contributed by atoms with Gasteiger partial charge in [-0.1, -0.05) is 18.6 Å². The lowest BCUT2D eigenvalue weighted by Crippen LogP contribution is -2.75. The molecule has 0 amide bonds. The first-order chi connectivity index (χ1) is 15.4. The van der Waals surface area contributed by atoms with Crippen molar-refractivity contribution in [1.29, 1.82) is 0 Å². The van der Waals surface area contributed by atoms with E-state index in [4.69, 9.17) is 28.4 Å². The molecule has 0 radical (unpaired) electrons. The second-order valence-electron chi connectivity index (χ2n) is 12.2. The highest BCUT2D eigenvalue weighted by Gasteiger charge is 2.81. The van der Waals surface area contributed by atoms with Crippen molar-refractivity contribution >= 4 is 0 Å². The maximum Gasteiger partial charge on any atom is 0.226 e. The van der Waals surface area contributed by atoms with Gasteiger partial charge in [0.15, 0.2) is 19.4 Å². The molecule has 0 aromatic rings. The lowest BCUT2D eigenvalue weighted by molar-refractivity contribution is -0.313. The maximum absolute atomic E-state index is 12.2. The quantitative estimate of drug-likeness (QED) is 0.574. The number of hydrogen-bond donors (Lipinski definition) is 1. The molecule has 8 rings (SSSR count). The van der Waals surface area contributed by atoms with Gasteiger partial charge in [0.05, 0.1) is 18.8 Å². The fourth-order valence-electron chi connectivity index (χ4n) is 10.5. The molecule has 4 spiro atoms. The first-order valence-electron chi connectivity index (χ1n) is 12.6. The SMILES string of the molecule is C[C@]12CC3(O)C[C@]45CCC6(CC4=CC[C@H]([C@H]35)[C@@H]1CC[C@@]21OCOC12COCO2)OCCO6. The van der Waals surface area contributed by atoms with Gasteiger partial charge in [0.25, 0.3) is 0 Å². The molecule has 1 N–H and O–H groups in total. The van der Waals surface area contributed by atoms with Gasteiger partial charge in [-0.05, 0) is 50.4 Å². The molecular weight excluding hydrogens is 412 g/mol. The lowest BCUT2D eigenvalue weighted by atomic mass is 9.33. The normalized spacial score (nSPS) is 59.2. The third-order valence-corrected chi connectivity index (χ3v) is 11.3. The Hall–Kier alpha value is -0.540. The summed E-state index contributed by atoms with van der Waals surface area (Å²) >= 11 is 0. The number of allylic oxidation sites excluding steroid dienone is 1. The van der Waals surface area contributed by atoms with Crippen LogP contribution in [0.5, 0.6) is 0 Å². The van der Waals surface area contributed by atoms with Crippen LogP contribution in [0.25, 0.3) is 0 Å². The van der Waals surface area contributed by atoms with Crippen molar-refractivity contribution < 1.29 is 33.5 Å². The zero-order valence-electron chi connectivity index (χ0n) is 18.9. The fourth-order valence-corrected chi connectivity index (χ4v) is 10.5. The molecule has 8 atom stereocenters. The van der Waals surface area contributed by atoms with Crippen LogP contribution < -0.4 is 0 Å². The highest BCUT2D eigenvalue weighted by Crippen LogP contribution is 2.79. The van der Waals surface area contributed by atoms with Crippen molar-refractivity contribution in [2.75, 3.05) is 33.4 Å². The monoisotopic (exact) mass is 446 g/mol. The molecule has 4 saturated carbocycles. The topological polar surface area (TPSA) is 75.6 Å². The molecule has 7 heteroatoms. The van der Waals surface area contributed by atoms with Crippen LogP contribution in [0.1, 0.15) is 58.3 Å². The predicted molar refractivity (Wildman–Crippen MR) is 110 cm³/mol. The average Bonchev–Trinajstić information content (AvgIpc) is 3.53. The smallest absolute Gasteiger partial charge is 0.226 e. The fraction of sp³-hybridized carbons (Fsp3) is 0.920. The van der Waals surface area contributed by atoms with E-state index in [1.54, 1.807) is 0 Å². The van der Waals surface area contributed by atoms with Crippen LogP contribution in [0.4, 0.5) is 0 Å². The summed E-state index contributed by atoms with van der Waals surface area (Å²) in [5.41, 5.74) is 0.232. The first kappa shape index (κ1) is 19.7. The summed E-state index contributed by atoms with van der Waals surface area (Å²) in [7, 11) is 0. The Balaban J connectivity index is 1.19. The van der Waals surface area contributed by atoms with E-state index in [1.807, 2.05) is 0 Å². The van der Waals surface area contributed by atoms with Crippen molar-refractivity contribution in [2.45, 2.75) is 81.1 Å². The summed E-state index contributed by atoms with van der Waals surface area (Å²) in [6.07, 6.45) is 10.0. The number of rotatable bonds is 0. The van der Waals surface area contributed by atoms with E-state index in [9.17, 15) is 5.11 Å². The van der Waals surface area contributed by atoms with Crippen molar-refractivity contribution in [3.05, 3.63) is 11.6 Å².